The summed E-state index contributed by atoms with van der Waals surface area (Å²) < 4.78 is 0. The zero-order valence-electron chi connectivity index (χ0n) is 8.79. The van der Waals surface area contributed by atoms with Crippen LogP contribution < -0.4 is 0 Å². The summed E-state index contributed by atoms with van der Waals surface area (Å²) in [7, 11) is 0. The zero-order chi connectivity index (χ0) is 9.47. The third kappa shape index (κ3) is 1.75. The molecule has 0 aromatic heterocycles. The van der Waals surface area contributed by atoms with Gasteiger partial charge in [-0.05, 0) is 25.2 Å². The van der Waals surface area contributed by atoms with Gasteiger partial charge in [-0.3, -0.25) is 4.90 Å². The first-order valence-electron chi connectivity index (χ1n) is 5.62. The van der Waals surface area contributed by atoms with Crippen molar-refractivity contribution in [1.82, 2.24) is 4.90 Å². The van der Waals surface area contributed by atoms with Crippen LogP contribution in [0.1, 0.15) is 39.5 Å². The van der Waals surface area contributed by atoms with Crippen molar-refractivity contribution >= 4 is 0 Å². The maximum atomic E-state index is 10.4. The zero-order valence-corrected chi connectivity index (χ0v) is 8.79. The first kappa shape index (κ1) is 9.47. The molecule has 2 heteroatoms. The molecule has 1 heterocycles. The second-order valence-electron chi connectivity index (χ2n) is 4.86. The average Bonchev–Trinajstić information content (AvgIpc) is 2.90. The Labute approximate surface area is 80.9 Å². The molecule has 1 N–H and O–H groups in total. The summed E-state index contributed by atoms with van der Waals surface area (Å²) in [5.74, 6) is 0.455. The molecule has 1 saturated heterocycles. The Morgan fingerprint density at radius 3 is 2.77 bits per heavy atom. The summed E-state index contributed by atoms with van der Waals surface area (Å²) in [6, 6.07) is 0.818. The third-order valence-electron chi connectivity index (χ3n) is 3.90. The summed E-state index contributed by atoms with van der Waals surface area (Å²) >= 11 is 0. The third-order valence-corrected chi connectivity index (χ3v) is 3.90. The Morgan fingerprint density at radius 1 is 1.54 bits per heavy atom. The molecule has 2 rings (SSSR count). The van der Waals surface area contributed by atoms with E-state index in [0.29, 0.717) is 5.92 Å². The minimum absolute atomic E-state index is 0.378. The van der Waals surface area contributed by atoms with Gasteiger partial charge in [0.1, 0.15) is 0 Å². The molecule has 1 saturated carbocycles. The Morgan fingerprint density at radius 2 is 2.23 bits per heavy atom. The predicted molar refractivity (Wildman–Crippen MR) is 53.6 cm³/mol. The molecule has 0 spiro atoms. The number of hydrogen-bond acceptors (Lipinski definition) is 2. The van der Waals surface area contributed by atoms with Gasteiger partial charge in [-0.1, -0.05) is 20.3 Å². The van der Waals surface area contributed by atoms with Crippen LogP contribution >= 0.6 is 0 Å². The molecule has 2 nitrogen and oxygen atoms in total. The number of β-amino-alcohol motifs (C(OH)–C–C–N with tert-alkyl or cyclic N) is 1. The normalized spacial score (nSPS) is 38.1. The van der Waals surface area contributed by atoms with Crippen LogP contribution in [-0.4, -0.2) is 34.7 Å². The molecule has 76 valence electrons. The van der Waals surface area contributed by atoms with Gasteiger partial charge >= 0.3 is 0 Å². The van der Waals surface area contributed by atoms with Gasteiger partial charge in [-0.2, -0.15) is 0 Å². The lowest BCUT2D eigenvalue weighted by Gasteiger charge is -2.29. The van der Waals surface area contributed by atoms with Crippen LogP contribution in [0.4, 0.5) is 0 Å². The van der Waals surface area contributed by atoms with E-state index in [2.05, 4.69) is 18.7 Å². The van der Waals surface area contributed by atoms with Gasteiger partial charge in [-0.25, -0.2) is 0 Å². The number of rotatable bonds is 3. The quantitative estimate of drug-likeness (QED) is 0.719. The molecular weight excluding hydrogens is 162 g/mol. The van der Waals surface area contributed by atoms with Crippen LogP contribution in [0.25, 0.3) is 0 Å². The number of hydrogen-bond donors (Lipinski definition) is 1. The highest BCUT2D eigenvalue weighted by molar-refractivity contribution is 4.98. The van der Waals surface area contributed by atoms with Crippen molar-refractivity contribution in [3.63, 3.8) is 0 Å². The van der Waals surface area contributed by atoms with Gasteiger partial charge in [0, 0.05) is 19.1 Å². The molecule has 2 unspecified atom stereocenters. The maximum Gasteiger partial charge on any atom is 0.0811 e. The van der Waals surface area contributed by atoms with Crippen molar-refractivity contribution in [3.8, 4) is 0 Å². The van der Waals surface area contributed by atoms with Crippen LogP contribution in [0.3, 0.4) is 0 Å². The second kappa shape index (κ2) is 3.25. The largest absolute Gasteiger partial charge is 0.388 e. The topological polar surface area (TPSA) is 23.5 Å². The average molecular weight is 183 g/mol. The maximum absolute atomic E-state index is 10.4. The van der Waals surface area contributed by atoms with Gasteiger partial charge in [0.05, 0.1) is 5.60 Å². The standard InChI is InChI=1S/C11H21NO/c1-3-9(2)11(13)6-7-12(8-11)10-4-5-10/h9-10,13H,3-8H2,1-2H3. The molecule has 0 amide bonds. The van der Waals surface area contributed by atoms with Crippen molar-refractivity contribution < 1.29 is 5.11 Å². The van der Waals surface area contributed by atoms with Crippen molar-refractivity contribution in [3.05, 3.63) is 0 Å². The van der Waals surface area contributed by atoms with Crippen LogP contribution in [0.2, 0.25) is 0 Å². The van der Waals surface area contributed by atoms with E-state index in [1.165, 1.54) is 12.8 Å². The van der Waals surface area contributed by atoms with E-state index in [1.807, 2.05) is 0 Å². The van der Waals surface area contributed by atoms with Crippen molar-refractivity contribution in [2.24, 2.45) is 5.92 Å². The van der Waals surface area contributed by atoms with Crippen LogP contribution in [-0.2, 0) is 0 Å². The predicted octanol–water partition coefficient (Wildman–Crippen LogP) is 1.63. The van der Waals surface area contributed by atoms with Crippen molar-refractivity contribution in [1.29, 1.82) is 0 Å². The molecule has 2 fully saturated rings. The fourth-order valence-electron chi connectivity index (χ4n) is 2.38. The molecule has 0 radical (unpaired) electrons. The van der Waals surface area contributed by atoms with Gasteiger partial charge in [0.2, 0.25) is 0 Å². The van der Waals surface area contributed by atoms with Crippen LogP contribution in [0, 0.1) is 5.92 Å². The second-order valence-corrected chi connectivity index (χ2v) is 4.86. The highest BCUT2D eigenvalue weighted by Crippen LogP contribution is 2.37. The molecule has 2 atom stereocenters. The number of aliphatic hydroxyl groups is 1. The fourth-order valence-corrected chi connectivity index (χ4v) is 2.38. The molecule has 13 heavy (non-hydrogen) atoms. The van der Waals surface area contributed by atoms with Crippen LogP contribution in [0.5, 0.6) is 0 Å². The molecule has 1 aliphatic heterocycles. The SMILES string of the molecule is CCC(C)C1(O)CCN(C2CC2)C1. The lowest BCUT2D eigenvalue weighted by atomic mass is 9.86. The Kier molecular flexibility index (Phi) is 2.37. The van der Waals surface area contributed by atoms with Crippen LogP contribution in [0.15, 0.2) is 0 Å². The smallest absolute Gasteiger partial charge is 0.0811 e. The minimum Gasteiger partial charge on any atom is -0.388 e. The van der Waals surface area contributed by atoms with E-state index in [4.69, 9.17) is 0 Å². The Balaban J connectivity index is 1.94. The van der Waals surface area contributed by atoms with E-state index in [0.717, 1.165) is 32.0 Å². The van der Waals surface area contributed by atoms with E-state index < -0.39 is 0 Å². The van der Waals surface area contributed by atoms with E-state index in [-0.39, 0.29) is 5.60 Å². The summed E-state index contributed by atoms with van der Waals surface area (Å²) in [5.41, 5.74) is -0.378. The lowest BCUT2D eigenvalue weighted by Crippen LogP contribution is -2.39. The Bertz CT molecular complexity index is 191. The first-order valence-corrected chi connectivity index (χ1v) is 5.62. The number of nitrogens with zero attached hydrogens (tertiary/aromatic N) is 1. The fraction of sp³-hybridized carbons (Fsp3) is 1.00. The summed E-state index contributed by atoms with van der Waals surface area (Å²) in [5, 5.41) is 10.4. The monoisotopic (exact) mass is 183 g/mol. The van der Waals surface area contributed by atoms with Gasteiger partial charge in [0.15, 0.2) is 0 Å². The molecule has 2 aliphatic rings. The first-order chi connectivity index (χ1) is 6.15. The molecule has 0 aromatic rings. The highest BCUT2D eigenvalue weighted by Gasteiger charge is 2.44. The summed E-state index contributed by atoms with van der Waals surface area (Å²) in [6.07, 6.45) is 4.79. The minimum atomic E-state index is -0.378. The van der Waals surface area contributed by atoms with Crippen molar-refractivity contribution in [2.75, 3.05) is 13.1 Å². The summed E-state index contributed by atoms with van der Waals surface area (Å²) in [6.45, 7) is 6.39. The van der Waals surface area contributed by atoms with Crippen molar-refractivity contribution in [2.45, 2.75) is 51.2 Å². The summed E-state index contributed by atoms with van der Waals surface area (Å²) in [4.78, 5) is 2.48. The van der Waals surface area contributed by atoms with Gasteiger partial charge in [-0.15, -0.1) is 0 Å². The van der Waals surface area contributed by atoms with Gasteiger partial charge in [0.25, 0.3) is 0 Å². The highest BCUT2D eigenvalue weighted by atomic mass is 16.3. The molecular formula is C11H21NO. The van der Waals surface area contributed by atoms with Gasteiger partial charge < -0.3 is 5.11 Å². The Hall–Kier alpha value is -0.0800. The molecule has 1 aliphatic carbocycles. The van der Waals surface area contributed by atoms with E-state index in [1.54, 1.807) is 0 Å². The van der Waals surface area contributed by atoms with E-state index >= 15 is 0 Å². The number of likely N-dealkylation sites (tertiary alicyclic amines) is 1. The lowest BCUT2D eigenvalue weighted by molar-refractivity contribution is -0.00413. The molecule has 0 aromatic carbocycles. The van der Waals surface area contributed by atoms with E-state index in [9.17, 15) is 5.11 Å². The molecule has 0 bridgehead atoms.